The number of nitrogens with two attached hydrogens (primary N) is 1. The molecule has 26 heavy (non-hydrogen) atoms. The molecule has 0 aromatic carbocycles. The van der Waals surface area contributed by atoms with Crippen molar-refractivity contribution in [1.82, 2.24) is 15.3 Å². The predicted octanol–water partition coefficient (Wildman–Crippen LogP) is 2.72. The largest absolute Gasteiger partial charge is 0.355 e. The van der Waals surface area contributed by atoms with Crippen LogP contribution in [0.15, 0.2) is 17.8 Å². The quantitative estimate of drug-likeness (QED) is 0.834. The van der Waals surface area contributed by atoms with Crippen molar-refractivity contribution in [2.24, 2.45) is 11.7 Å². The number of anilines is 1. The summed E-state index contributed by atoms with van der Waals surface area (Å²) in [6.45, 7) is 1.68. The zero-order valence-corrected chi connectivity index (χ0v) is 16.4. The summed E-state index contributed by atoms with van der Waals surface area (Å²) in [4.78, 5) is 24.8. The maximum atomic E-state index is 12.7. The van der Waals surface area contributed by atoms with E-state index in [0.717, 1.165) is 67.6 Å². The molecular formula is C18H26ClN5OS. The van der Waals surface area contributed by atoms with Crippen LogP contribution in [0.1, 0.15) is 38.5 Å². The molecule has 0 spiro atoms. The predicted molar refractivity (Wildman–Crippen MR) is 108 cm³/mol. The van der Waals surface area contributed by atoms with Crippen molar-refractivity contribution < 1.29 is 4.79 Å². The molecule has 4 rings (SSSR count). The van der Waals surface area contributed by atoms with Gasteiger partial charge in [0.15, 0.2) is 0 Å². The van der Waals surface area contributed by atoms with Crippen molar-refractivity contribution >= 4 is 45.7 Å². The smallest absolute Gasteiger partial charge is 0.225 e. The van der Waals surface area contributed by atoms with Crippen LogP contribution in [0.3, 0.4) is 0 Å². The number of hydrogen-bond donors (Lipinski definition) is 2. The second-order valence-electron chi connectivity index (χ2n) is 7.24. The Morgan fingerprint density at radius 2 is 2.04 bits per heavy atom. The molecule has 2 aliphatic rings. The molecule has 0 bridgehead atoms. The Hall–Kier alpha value is -1.44. The molecular weight excluding hydrogens is 370 g/mol. The van der Waals surface area contributed by atoms with E-state index in [2.05, 4.69) is 26.3 Å². The lowest BCUT2D eigenvalue weighted by atomic mass is 9.90. The van der Waals surface area contributed by atoms with Gasteiger partial charge in [-0.3, -0.25) is 4.79 Å². The Morgan fingerprint density at radius 3 is 2.85 bits per heavy atom. The molecule has 142 valence electrons. The number of aromatic nitrogens is 2. The van der Waals surface area contributed by atoms with Crippen LogP contribution in [0.2, 0.25) is 0 Å². The number of nitrogens with one attached hydrogen (secondary N) is 1. The van der Waals surface area contributed by atoms with Crippen molar-refractivity contribution in [3.8, 4) is 0 Å². The number of thiophene rings is 1. The number of halogens is 1. The first-order valence-corrected chi connectivity index (χ1v) is 10.1. The monoisotopic (exact) mass is 395 g/mol. The van der Waals surface area contributed by atoms with Gasteiger partial charge < -0.3 is 16.0 Å². The highest BCUT2D eigenvalue weighted by Crippen LogP contribution is 2.30. The molecule has 1 aliphatic carbocycles. The van der Waals surface area contributed by atoms with Gasteiger partial charge in [0, 0.05) is 25.2 Å². The summed E-state index contributed by atoms with van der Waals surface area (Å²) in [5, 5.41) is 6.40. The maximum absolute atomic E-state index is 12.7. The lowest BCUT2D eigenvalue weighted by Crippen LogP contribution is -2.47. The van der Waals surface area contributed by atoms with Crippen LogP contribution >= 0.6 is 23.7 Å². The Labute approximate surface area is 164 Å². The third kappa shape index (κ3) is 4.10. The molecule has 1 amide bonds. The first-order valence-electron chi connectivity index (χ1n) is 9.20. The maximum Gasteiger partial charge on any atom is 0.225 e. The van der Waals surface area contributed by atoms with Crippen molar-refractivity contribution in [2.45, 2.75) is 50.6 Å². The highest BCUT2D eigenvalue weighted by atomic mass is 35.5. The lowest BCUT2D eigenvalue weighted by Gasteiger charge is -2.34. The van der Waals surface area contributed by atoms with Crippen molar-refractivity contribution in [2.75, 3.05) is 18.0 Å². The average molecular weight is 396 g/mol. The van der Waals surface area contributed by atoms with E-state index in [1.54, 1.807) is 17.7 Å². The summed E-state index contributed by atoms with van der Waals surface area (Å²) >= 11 is 1.63. The summed E-state index contributed by atoms with van der Waals surface area (Å²) in [5.74, 6) is 1.20. The fourth-order valence-electron chi connectivity index (χ4n) is 4.00. The van der Waals surface area contributed by atoms with Crippen molar-refractivity contribution in [3.63, 3.8) is 0 Å². The van der Waals surface area contributed by atoms with Crippen LogP contribution in [0, 0.1) is 5.92 Å². The Balaban J connectivity index is 0.00000196. The fourth-order valence-corrected chi connectivity index (χ4v) is 4.72. The van der Waals surface area contributed by atoms with Crippen LogP contribution in [0.4, 0.5) is 5.82 Å². The zero-order chi connectivity index (χ0) is 17.2. The molecule has 2 aromatic rings. The molecule has 1 unspecified atom stereocenters. The van der Waals surface area contributed by atoms with Crippen LogP contribution in [0.5, 0.6) is 0 Å². The summed E-state index contributed by atoms with van der Waals surface area (Å²) in [6, 6.07) is 2.68. The third-order valence-corrected chi connectivity index (χ3v) is 6.27. The molecule has 3 heterocycles. The second-order valence-corrected chi connectivity index (χ2v) is 8.14. The topological polar surface area (TPSA) is 84.1 Å². The van der Waals surface area contributed by atoms with Gasteiger partial charge in [-0.1, -0.05) is 0 Å². The Kier molecular flexibility index (Phi) is 6.32. The van der Waals surface area contributed by atoms with E-state index in [0.29, 0.717) is 12.1 Å². The van der Waals surface area contributed by atoms with E-state index in [1.165, 1.54) is 0 Å². The number of carbonyl (C=O) groups excluding carboxylic acids is 1. The standard InChI is InChI=1S/C18H25N5OS.ClH/c19-13-3-5-14(6-4-13)22-17(24)12-2-1-8-23(10-12)16-15-7-9-25-18(15)21-11-20-16;/h7,9,11-14H,1-6,8,10,19H2,(H,22,24);1H. The first kappa shape index (κ1) is 19.3. The van der Waals surface area contributed by atoms with Gasteiger partial charge in [-0.05, 0) is 50.0 Å². The molecule has 8 heteroatoms. The number of amides is 1. The van der Waals surface area contributed by atoms with E-state index in [1.807, 2.05) is 5.38 Å². The highest BCUT2D eigenvalue weighted by molar-refractivity contribution is 7.16. The average Bonchev–Trinajstić information content (AvgIpc) is 3.12. The van der Waals surface area contributed by atoms with Gasteiger partial charge in [0.1, 0.15) is 17.0 Å². The third-order valence-electron chi connectivity index (χ3n) is 5.45. The first-order chi connectivity index (χ1) is 12.2. The van der Waals surface area contributed by atoms with E-state index >= 15 is 0 Å². The highest BCUT2D eigenvalue weighted by Gasteiger charge is 2.29. The molecule has 1 atom stereocenters. The minimum Gasteiger partial charge on any atom is -0.355 e. The van der Waals surface area contributed by atoms with Gasteiger partial charge in [-0.15, -0.1) is 23.7 Å². The minimum absolute atomic E-state index is 0. The van der Waals surface area contributed by atoms with Crippen LogP contribution < -0.4 is 16.0 Å². The van der Waals surface area contributed by atoms with Gasteiger partial charge in [-0.25, -0.2) is 9.97 Å². The van der Waals surface area contributed by atoms with E-state index < -0.39 is 0 Å². The molecule has 6 nitrogen and oxygen atoms in total. The molecule has 1 saturated carbocycles. The second kappa shape index (κ2) is 8.50. The van der Waals surface area contributed by atoms with Gasteiger partial charge in [-0.2, -0.15) is 0 Å². The number of nitrogens with zero attached hydrogens (tertiary/aromatic N) is 3. The molecule has 0 radical (unpaired) electrons. The van der Waals surface area contributed by atoms with Crippen LogP contribution in [-0.2, 0) is 4.79 Å². The fraction of sp³-hybridized carbons (Fsp3) is 0.611. The Morgan fingerprint density at radius 1 is 1.23 bits per heavy atom. The van der Waals surface area contributed by atoms with E-state index in [-0.39, 0.29) is 24.2 Å². The number of rotatable bonds is 3. The summed E-state index contributed by atoms with van der Waals surface area (Å²) in [6.07, 6.45) is 7.63. The van der Waals surface area contributed by atoms with E-state index in [4.69, 9.17) is 5.73 Å². The normalized spacial score (nSPS) is 26.3. The number of piperidine rings is 1. The van der Waals surface area contributed by atoms with Crippen LogP contribution in [0.25, 0.3) is 10.2 Å². The minimum atomic E-state index is 0. The number of fused-ring (bicyclic) bond motifs is 1. The van der Waals surface area contributed by atoms with Gasteiger partial charge >= 0.3 is 0 Å². The lowest BCUT2D eigenvalue weighted by molar-refractivity contribution is -0.126. The molecule has 2 aromatic heterocycles. The van der Waals surface area contributed by atoms with Crippen molar-refractivity contribution in [3.05, 3.63) is 17.8 Å². The summed E-state index contributed by atoms with van der Waals surface area (Å²) < 4.78 is 0. The number of carbonyl (C=O) groups is 1. The molecule has 1 saturated heterocycles. The SMILES string of the molecule is Cl.NC1CCC(NC(=O)C2CCCN(c3ncnc4sccc34)C2)CC1. The molecule has 1 aliphatic heterocycles. The Bertz CT molecular complexity index is 746. The van der Waals surface area contributed by atoms with Gasteiger partial charge in [0.05, 0.1) is 11.3 Å². The molecule has 3 N–H and O–H groups in total. The van der Waals surface area contributed by atoms with Crippen molar-refractivity contribution in [1.29, 1.82) is 0 Å². The van der Waals surface area contributed by atoms with Crippen LogP contribution in [-0.4, -0.2) is 41.0 Å². The molecule has 2 fully saturated rings. The summed E-state index contributed by atoms with van der Waals surface area (Å²) in [7, 11) is 0. The van der Waals surface area contributed by atoms with Gasteiger partial charge in [0.2, 0.25) is 5.91 Å². The van der Waals surface area contributed by atoms with E-state index in [9.17, 15) is 4.79 Å². The summed E-state index contributed by atoms with van der Waals surface area (Å²) in [5.41, 5.74) is 5.96. The zero-order valence-electron chi connectivity index (χ0n) is 14.8. The number of hydrogen-bond acceptors (Lipinski definition) is 6. The van der Waals surface area contributed by atoms with Gasteiger partial charge in [0.25, 0.3) is 0 Å².